The Hall–Kier alpha value is -1.73. The molecule has 0 saturated carbocycles. The van der Waals surface area contributed by atoms with Crippen molar-refractivity contribution in [2.24, 2.45) is 0 Å². The first-order valence-corrected chi connectivity index (χ1v) is 5.96. The van der Waals surface area contributed by atoms with Crippen molar-refractivity contribution in [3.05, 3.63) is 23.3 Å². The number of ether oxygens (including phenoxy) is 2. The molecule has 18 heavy (non-hydrogen) atoms. The van der Waals surface area contributed by atoms with Crippen LogP contribution in [-0.2, 0) is 6.42 Å². The van der Waals surface area contributed by atoms with Crippen LogP contribution in [0.5, 0.6) is 11.5 Å². The first kappa shape index (κ1) is 14.3. The minimum absolute atomic E-state index is 0.136. The van der Waals surface area contributed by atoms with Crippen LogP contribution in [0.4, 0.5) is 0 Å². The first-order chi connectivity index (χ1) is 8.62. The Labute approximate surface area is 109 Å². The lowest BCUT2D eigenvalue weighted by Crippen LogP contribution is -2.26. The predicted molar refractivity (Wildman–Crippen MR) is 71.1 cm³/mol. The second kappa shape index (κ2) is 6.87. The van der Waals surface area contributed by atoms with Crippen molar-refractivity contribution in [2.45, 2.75) is 26.3 Å². The molecule has 0 bridgehead atoms. The van der Waals surface area contributed by atoms with E-state index in [0.29, 0.717) is 0 Å². The molecule has 0 amide bonds. The summed E-state index contributed by atoms with van der Waals surface area (Å²) in [5.41, 5.74) is 2.13. The topological polar surface area (TPSA) is 54.3 Å². The van der Waals surface area contributed by atoms with Crippen LogP contribution in [0.3, 0.4) is 0 Å². The maximum atomic E-state index is 8.69. The van der Waals surface area contributed by atoms with Gasteiger partial charge in [0.25, 0.3) is 0 Å². The lowest BCUT2D eigenvalue weighted by atomic mass is 10.1. The van der Waals surface area contributed by atoms with Gasteiger partial charge in [0.2, 0.25) is 0 Å². The predicted octanol–water partition coefficient (Wildman–Crippen LogP) is 2.06. The third-order valence-electron chi connectivity index (χ3n) is 2.84. The van der Waals surface area contributed by atoms with E-state index in [9.17, 15) is 0 Å². The quantitative estimate of drug-likeness (QED) is 0.837. The Morgan fingerprint density at radius 1 is 1.28 bits per heavy atom. The number of hydrogen-bond acceptors (Lipinski definition) is 4. The molecule has 0 radical (unpaired) electrons. The second-order valence-electron chi connectivity index (χ2n) is 4.19. The largest absolute Gasteiger partial charge is 0.496 e. The second-order valence-corrected chi connectivity index (χ2v) is 4.19. The lowest BCUT2D eigenvalue weighted by molar-refractivity contribution is 0.396. The first-order valence-electron chi connectivity index (χ1n) is 5.96. The highest BCUT2D eigenvalue weighted by Gasteiger charge is 2.08. The molecule has 1 unspecified atom stereocenters. The summed E-state index contributed by atoms with van der Waals surface area (Å²) in [5.74, 6) is 1.72. The molecule has 1 aromatic rings. The molecule has 0 aliphatic carbocycles. The van der Waals surface area contributed by atoms with Crippen LogP contribution in [0.1, 0.15) is 18.1 Å². The molecule has 0 aliphatic heterocycles. The van der Waals surface area contributed by atoms with Crippen LogP contribution in [-0.4, -0.2) is 26.8 Å². The minimum Gasteiger partial charge on any atom is -0.496 e. The Kier molecular flexibility index (Phi) is 5.47. The summed E-state index contributed by atoms with van der Waals surface area (Å²) in [7, 11) is 3.32. The number of benzene rings is 1. The third kappa shape index (κ3) is 3.64. The summed E-state index contributed by atoms with van der Waals surface area (Å²) in [6, 6.07) is 5.98. The van der Waals surface area contributed by atoms with Crippen molar-refractivity contribution in [1.29, 1.82) is 5.26 Å². The Bertz CT molecular complexity index is 438. The molecule has 0 spiro atoms. The summed E-state index contributed by atoms with van der Waals surface area (Å²) < 4.78 is 10.7. The molecular weight excluding hydrogens is 228 g/mol. The zero-order valence-electron chi connectivity index (χ0n) is 11.4. The van der Waals surface area contributed by atoms with E-state index >= 15 is 0 Å². The molecule has 4 heteroatoms. The van der Waals surface area contributed by atoms with E-state index in [-0.39, 0.29) is 6.04 Å². The summed E-state index contributed by atoms with van der Waals surface area (Å²) in [5, 5.41) is 11.8. The number of nitrogens with one attached hydrogen (secondary N) is 1. The maximum absolute atomic E-state index is 8.69. The van der Waals surface area contributed by atoms with E-state index in [1.165, 1.54) is 0 Å². The van der Waals surface area contributed by atoms with E-state index < -0.39 is 0 Å². The molecule has 1 atom stereocenters. The number of nitriles is 1. The Balaban J connectivity index is 2.77. The minimum atomic E-state index is -0.136. The SMILES string of the molecule is COc1cc(CCNC(C)C#N)c(OC)cc1C. The van der Waals surface area contributed by atoms with Crippen molar-refractivity contribution in [2.75, 3.05) is 20.8 Å². The van der Waals surface area contributed by atoms with Crippen LogP contribution in [0.2, 0.25) is 0 Å². The number of aryl methyl sites for hydroxylation is 1. The third-order valence-corrected chi connectivity index (χ3v) is 2.84. The van der Waals surface area contributed by atoms with E-state index in [0.717, 1.165) is 35.6 Å². The van der Waals surface area contributed by atoms with Gasteiger partial charge in [-0.25, -0.2) is 0 Å². The van der Waals surface area contributed by atoms with Crippen molar-refractivity contribution in [3.63, 3.8) is 0 Å². The molecule has 4 nitrogen and oxygen atoms in total. The molecule has 0 saturated heterocycles. The molecule has 1 aromatic carbocycles. The fourth-order valence-corrected chi connectivity index (χ4v) is 1.78. The molecule has 1 rings (SSSR count). The van der Waals surface area contributed by atoms with E-state index in [1.807, 2.05) is 26.0 Å². The zero-order chi connectivity index (χ0) is 13.5. The van der Waals surface area contributed by atoms with Crippen molar-refractivity contribution < 1.29 is 9.47 Å². The highest BCUT2D eigenvalue weighted by atomic mass is 16.5. The van der Waals surface area contributed by atoms with Gasteiger partial charge in [-0.3, -0.25) is 0 Å². The van der Waals surface area contributed by atoms with Crippen LogP contribution in [0.15, 0.2) is 12.1 Å². The highest BCUT2D eigenvalue weighted by Crippen LogP contribution is 2.28. The Morgan fingerprint density at radius 2 is 1.94 bits per heavy atom. The monoisotopic (exact) mass is 248 g/mol. The smallest absolute Gasteiger partial charge is 0.122 e. The summed E-state index contributed by atoms with van der Waals surface area (Å²) in [6.45, 7) is 4.56. The molecule has 1 N–H and O–H groups in total. The summed E-state index contributed by atoms with van der Waals surface area (Å²) >= 11 is 0. The summed E-state index contributed by atoms with van der Waals surface area (Å²) in [6.07, 6.45) is 0.797. The molecule has 0 aromatic heterocycles. The highest BCUT2D eigenvalue weighted by molar-refractivity contribution is 5.46. The molecule has 98 valence electrons. The van der Waals surface area contributed by atoms with Crippen LogP contribution >= 0.6 is 0 Å². The fourth-order valence-electron chi connectivity index (χ4n) is 1.78. The average Bonchev–Trinajstić information content (AvgIpc) is 2.39. The van der Waals surface area contributed by atoms with Gasteiger partial charge >= 0.3 is 0 Å². The van der Waals surface area contributed by atoms with Gasteiger partial charge < -0.3 is 14.8 Å². The van der Waals surface area contributed by atoms with E-state index in [2.05, 4.69) is 11.4 Å². The van der Waals surface area contributed by atoms with Crippen molar-refractivity contribution in [1.82, 2.24) is 5.32 Å². The van der Waals surface area contributed by atoms with Gasteiger partial charge in [-0.1, -0.05) is 0 Å². The van der Waals surface area contributed by atoms with Gasteiger partial charge in [0, 0.05) is 6.54 Å². The summed E-state index contributed by atoms with van der Waals surface area (Å²) in [4.78, 5) is 0. The van der Waals surface area contributed by atoms with Crippen molar-refractivity contribution >= 4 is 0 Å². The van der Waals surface area contributed by atoms with Gasteiger partial charge in [-0.15, -0.1) is 0 Å². The molecular formula is C14H20N2O2. The number of methoxy groups -OCH3 is 2. The number of rotatable bonds is 6. The molecule has 0 fully saturated rings. The van der Waals surface area contributed by atoms with Crippen LogP contribution in [0, 0.1) is 18.3 Å². The van der Waals surface area contributed by atoms with Crippen LogP contribution in [0.25, 0.3) is 0 Å². The average molecular weight is 248 g/mol. The standard InChI is InChI=1S/C14H20N2O2/c1-10-7-14(18-4)12(8-13(10)17-3)5-6-16-11(2)9-15/h7-8,11,16H,5-6H2,1-4H3. The van der Waals surface area contributed by atoms with Gasteiger partial charge in [0.15, 0.2) is 0 Å². The van der Waals surface area contributed by atoms with Gasteiger partial charge in [-0.05, 0) is 43.5 Å². The van der Waals surface area contributed by atoms with Gasteiger partial charge in [0.05, 0.1) is 26.3 Å². The molecule has 0 aliphatic rings. The zero-order valence-corrected chi connectivity index (χ0v) is 11.4. The van der Waals surface area contributed by atoms with E-state index in [4.69, 9.17) is 14.7 Å². The van der Waals surface area contributed by atoms with E-state index in [1.54, 1.807) is 14.2 Å². The number of nitrogens with zero attached hydrogens (tertiary/aromatic N) is 1. The number of hydrogen-bond donors (Lipinski definition) is 1. The van der Waals surface area contributed by atoms with Crippen molar-refractivity contribution in [3.8, 4) is 17.6 Å². The Morgan fingerprint density at radius 3 is 2.50 bits per heavy atom. The molecule has 0 heterocycles. The fraction of sp³-hybridized carbons (Fsp3) is 0.500. The van der Waals surface area contributed by atoms with Gasteiger partial charge in [0.1, 0.15) is 11.5 Å². The lowest BCUT2D eigenvalue weighted by Gasteiger charge is -2.13. The van der Waals surface area contributed by atoms with Crippen LogP contribution < -0.4 is 14.8 Å². The maximum Gasteiger partial charge on any atom is 0.122 e. The normalized spacial score (nSPS) is 11.7. The van der Waals surface area contributed by atoms with Gasteiger partial charge in [-0.2, -0.15) is 5.26 Å².